The fourth-order valence-corrected chi connectivity index (χ4v) is 1.68. The molecule has 0 heterocycles. The topological polar surface area (TPSA) is 66.6 Å². The Labute approximate surface area is 103 Å². The molecule has 5 heteroatoms. The van der Waals surface area contributed by atoms with Gasteiger partial charge in [-0.2, -0.15) is 0 Å². The number of hydrogen-bond acceptors (Lipinski definition) is 3. The molecule has 3 N–H and O–H groups in total. The Bertz CT molecular complexity index is 269. The second kappa shape index (κ2) is 6.15. The summed E-state index contributed by atoms with van der Waals surface area (Å²) >= 11 is 4.96. The summed E-state index contributed by atoms with van der Waals surface area (Å²) in [5.74, 6) is -0.105. The monoisotopic (exact) mass is 246 g/mol. The summed E-state index contributed by atoms with van der Waals surface area (Å²) in [6, 6.07) is 0.0277. The highest BCUT2D eigenvalue weighted by Gasteiger charge is 2.38. The molecule has 0 spiro atoms. The molecular formula is C11H22N2O2S. The van der Waals surface area contributed by atoms with Crippen molar-refractivity contribution < 1.29 is 9.90 Å². The Kier molecular flexibility index (Phi) is 5.89. The molecule has 0 aromatic rings. The zero-order chi connectivity index (χ0) is 12.9. The lowest BCUT2D eigenvalue weighted by atomic mass is 9.85. The minimum absolute atomic E-state index is 0.0277. The van der Waals surface area contributed by atoms with Crippen LogP contribution in [0.15, 0.2) is 0 Å². The maximum absolute atomic E-state index is 12.3. The molecule has 0 saturated heterocycles. The third-order valence-corrected chi connectivity index (χ3v) is 3.40. The maximum atomic E-state index is 12.3. The van der Waals surface area contributed by atoms with Gasteiger partial charge in [0, 0.05) is 12.6 Å². The second-order valence-corrected chi connectivity index (χ2v) is 4.81. The number of aliphatic hydroxyl groups is 1. The van der Waals surface area contributed by atoms with Crippen LogP contribution in [-0.4, -0.2) is 40.1 Å². The van der Waals surface area contributed by atoms with E-state index in [1.54, 1.807) is 11.8 Å². The van der Waals surface area contributed by atoms with Crippen molar-refractivity contribution in [3.63, 3.8) is 0 Å². The highest BCUT2D eigenvalue weighted by atomic mass is 32.1. The Morgan fingerprint density at radius 1 is 1.56 bits per heavy atom. The van der Waals surface area contributed by atoms with Gasteiger partial charge in [-0.25, -0.2) is 0 Å². The molecule has 0 aliphatic rings. The molecule has 0 aromatic carbocycles. The molecule has 1 amide bonds. The summed E-state index contributed by atoms with van der Waals surface area (Å²) in [6.45, 7) is 7.71. The van der Waals surface area contributed by atoms with Crippen LogP contribution in [0.3, 0.4) is 0 Å². The Balaban J connectivity index is 5.04. The largest absolute Gasteiger partial charge is 0.395 e. The first-order valence-electron chi connectivity index (χ1n) is 5.53. The van der Waals surface area contributed by atoms with Gasteiger partial charge in [-0.1, -0.05) is 19.1 Å². The number of hydrogen-bond donors (Lipinski definition) is 2. The van der Waals surface area contributed by atoms with E-state index in [4.69, 9.17) is 23.1 Å². The van der Waals surface area contributed by atoms with Crippen LogP contribution in [0.25, 0.3) is 0 Å². The number of thiocarbonyl (C=S) groups is 1. The van der Waals surface area contributed by atoms with E-state index >= 15 is 0 Å². The average Bonchev–Trinajstić information content (AvgIpc) is 2.22. The first kappa shape index (κ1) is 15.3. The molecule has 0 bridgehead atoms. The molecule has 94 valence electrons. The third-order valence-electron chi connectivity index (χ3n) is 2.95. The van der Waals surface area contributed by atoms with Crippen LogP contribution in [0.1, 0.15) is 34.1 Å². The van der Waals surface area contributed by atoms with Gasteiger partial charge in [0.2, 0.25) is 5.91 Å². The van der Waals surface area contributed by atoms with Crippen LogP contribution in [0.5, 0.6) is 0 Å². The van der Waals surface area contributed by atoms with Crippen molar-refractivity contribution in [2.75, 3.05) is 13.2 Å². The van der Waals surface area contributed by atoms with Crippen molar-refractivity contribution in [2.24, 2.45) is 11.1 Å². The molecule has 0 fully saturated rings. The van der Waals surface area contributed by atoms with Gasteiger partial charge in [-0.15, -0.1) is 0 Å². The fraction of sp³-hybridized carbons (Fsp3) is 0.818. The molecule has 1 unspecified atom stereocenters. The zero-order valence-corrected chi connectivity index (χ0v) is 11.3. The van der Waals surface area contributed by atoms with Crippen LogP contribution in [0, 0.1) is 5.41 Å². The van der Waals surface area contributed by atoms with E-state index in [0.717, 1.165) is 0 Å². The summed E-state index contributed by atoms with van der Waals surface area (Å²) in [4.78, 5) is 14.1. The van der Waals surface area contributed by atoms with Gasteiger partial charge in [-0.3, -0.25) is 4.79 Å². The Hall–Kier alpha value is -0.680. The number of nitrogens with two attached hydrogens (primary N) is 1. The van der Waals surface area contributed by atoms with Crippen LogP contribution >= 0.6 is 12.2 Å². The van der Waals surface area contributed by atoms with Crippen molar-refractivity contribution in [3.05, 3.63) is 0 Å². The van der Waals surface area contributed by atoms with Crippen LogP contribution < -0.4 is 5.73 Å². The van der Waals surface area contributed by atoms with Crippen molar-refractivity contribution in [2.45, 2.75) is 40.2 Å². The summed E-state index contributed by atoms with van der Waals surface area (Å²) < 4.78 is 0. The molecule has 0 aliphatic carbocycles. The van der Waals surface area contributed by atoms with E-state index in [9.17, 15) is 4.79 Å². The van der Waals surface area contributed by atoms with E-state index < -0.39 is 5.41 Å². The van der Waals surface area contributed by atoms with Crippen LogP contribution in [-0.2, 0) is 4.79 Å². The number of rotatable bonds is 6. The first-order valence-corrected chi connectivity index (χ1v) is 5.93. The molecular weight excluding hydrogens is 224 g/mol. The van der Waals surface area contributed by atoms with E-state index in [1.165, 1.54) is 0 Å². The lowest BCUT2D eigenvalue weighted by molar-refractivity contribution is -0.140. The van der Waals surface area contributed by atoms with Gasteiger partial charge in [0.15, 0.2) is 0 Å². The lowest BCUT2D eigenvalue weighted by Crippen LogP contribution is -2.51. The van der Waals surface area contributed by atoms with E-state index in [-0.39, 0.29) is 23.5 Å². The van der Waals surface area contributed by atoms with Gasteiger partial charge in [0.25, 0.3) is 0 Å². The number of aliphatic hydroxyl groups excluding tert-OH is 1. The molecule has 0 saturated carbocycles. The summed E-state index contributed by atoms with van der Waals surface area (Å²) in [5.41, 5.74) is 4.83. The fourth-order valence-electron chi connectivity index (χ4n) is 1.45. The molecule has 16 heavy (non-hydrogen) atoms. The molecule has 0 aliphatic heterocycles. The van der Waals surface area contributed by atoms with Crippen molar-refractivity contribution in [1.82, 2.24) is 4.90 Å². The zero-order valence-electron chi connectivity index (χ0n) is 10.5. The standard InChI is InChI=1S/C11H22N2O2S/c1-5-11(4,9(12)16)10(15)13(6-7-14)8(2)3/h8,14H,5-7H2,1-4H3,(H2,12,16). The van der Waals surface area contributed by atoms with Crippen molar-refractivity contribution in [3.8, 4) is 0 Å². The second-order valence-electron chi connectivity index (χ2n) is 4.37. The molecule has 1 atom stereocenters. The average molecular weight is 246 g/mol. The van der Waals surface area contributed by atoms with Gasteiger partial charge in [0.05, 0.1) is 17.0 Å². The molecule has 4 nitrogen and oxygen atoms in total. The highest BCUT2D eigenvalue weighted by molar-refractivity contribution is 7.80. The SMILES string of the molecule is CCC(C)(C(=O)N(CCO)C(C)C)C(N)=S. The van der Waals surface area contributed by atoms with E-state index in [2.05, 4.69) is 0 Å². The predicted octanol–water partition coefficient (Wildman–Crippen LogP) is 0.918. The Morgan fingerprint density at radius 3 is 2.31 bits per heavy atom. The van der Waals surface area contributed by atoms with Crippen molar-refractivity contribution in [1.29, 1.82) is 0 Å². The number of amides is 1. The summed E-state index contributed by atoms with van der Waals surface area (Å²) in [5, 5.41) is 8.95. The normalized spacial score (nSPS) is 14.6. The Morgan fingerprint density at radius 2 is 2.06 bits per heavy atom. The number of nitrogens with zero attached hydrogens (tertiary/aromatic N) is 1. The minimum Gasteiger partial charge on any atom is -0.395 e. The number of carbonyl (C=O) groups excluding carboxylic acids is 1. The van der Waals surface area contributed by atoms with E-state index in [1.807, 2.05) is 20.8 Å². The predicted molar refractivity (Wildman–Crippen MR) is 69.1 cm³/mol. The third kappa shape index (κ3) is 3.15. The van der Waals surface area contributed by atoms with Crippen LogP contribution in [0.4, 0.5) is 0 Å². The van der Waals surface area contributed by atoms with Gasteiger partial charge < -0.3 is 15.7 Å². The minimum atomic E-state index is -0.811. The van der Waals surface area contributed by atoms with Gasteiger partial charge >= 0.3 is 0 Å². The quantitative estimate of drug-likeness (QED) is 0.684. The maximum Gasteiger partial charge on any atom is 0.235 e. The van der Waals surface area contributed by atoms with E-state index in [0.29, 0.717) is 13.0 Å². The molecule has 0 radical (unpaired) electrons. The van der Waals surface area contributed by atoms with Gasteiger partial charge in [0.1, 0.15) is 0 Å². The van der Waals surface area contributed by atoms with Gasteiger partial charge in [-0.05, 0) is 27.2 Å². The smallest absolute Gasteiger partial charge is 0.235 e. The molecule has 0 aromatic heterocycles. The van der Waals surface area contributed by atoms with Crippen LogP contribution in [0.2, 0.25) is 0 Å². The highest BCUT2D eigenvalue weighted by Crippen LogP contribution is 2.25. The first-order chi connectivity index (χ1) is 7.31. The molecule has 0 rings (SSSR count). The lowest BCUT2D eigenvalue weighted by Gasteiger charge is -2.35. The number of carbonyl (C=O) groups is 1. The summed E-state index contributed by atoms with van der Waals surface area (Å²) in [6.07, 6.45) is 0.565. The summed E-state index contributed by atoms with van der Waals surface area (Å²) in [7, 11) is 0. The van der Waals surface area contributed by atoms with Crippen molar-refractivity contribution >= 4 is 23.1 Å².